The molecule has 0 fully saturated rings. The van der Waals surface area contributed by atoms with Crippen molar-refractivity contribution in [1.29, 1.82) is 0 Å². The van der Waals surface area contributed by atoms with Crippen molar-refractivity contribution in [2.24, 2.45) is 5.10 Å². The number of hydrogen-bond donors (Lipinski definition) is 1. The topological polar surface area (TPSA) is 99.7 Å². The van der Waals surface area contributed by atoms with Crippen LogP contribution in [0.5, 0.6) is 11.5 Å². The summed E-state index contributed by atoms with van der Waals surface area (Å²) in [5, 5.41) is 7.76. The Balaban J connectivity index is 1.30. The van der Waals surface area contributed by atoms with Crippen LogP contribution in [0.1, 0.15) is 54.8 Å². The number of fused-ring (bicyclic) bond motifs is 1. The zero-order valence-electron chi connectivity index (χ0n) is 29.5. The van der Waals surface area contributed by atoms with Gasteiger partial charge in [-0.2, -0.15) is 9.78 Å². The largest absolute Gasteiger partial charge is 0.494 e. The van der Waals surface area contributed by atoms with Gasteiger partial charge in [0, 0.05) is 28.2 Å². The Bertz CT molecular complexity index is 2320. The number of nitrogens with zero attached hydrogens (tertiary/aromatic N) is 4. The summed E-state index contributed by atoms with van der Waals surface area (Å²) in [4.78, 5) is 31.3. The zero-order valence-corrected chi connectivity index (χ0v) is 29.5. The van der Waals surface area contributed by atoms with Crippen molar-refractivity contribution in [2.75, 3.05) is 18.5 Å². The first-order valence-corrected chi connectivity index (χ1v) is 16.9. The lowest BCUT2D eigenvalue weighted by Crippen LogP contribution is -2.21. The van der Waals surface area contributed by atoms with E-state index in [1.807, 2.05) is 70.2 Å². The number of halogens is 1. The molecular weight excluding hydrogens is 645 g/mol. The van der Waals surface area contributed by atoms with Gasteiger partial charge in [0.25, 0.3) is 11.5 Å². The Hall–Kier alpha value is -6.03. The highest BCUT2D eigenvalue weighted by Gasteiger charge is 2.19. The third kappa shape index (κ3) is 7.30. The molecule has 0 spiro atoms. The first-order valence-electron chi connectivity index (χ1n) is 16.9. The Morgan fingerprint density at radius 3 is 2.41 bits per heavy atom. The molecule has 0 saturated carbocycles. The highest BCUT2D eigenvalue weighted by molar-refractivity contribution is 5.92. The van der Waals surface area contributed by atoms with Gasteiger partial charge in [-0.1, -0.05) is 38.1 Å². The van der Waals surface area contributed by atoms with Crippen LogP contribution in [0.4, 0.5) is 10.1 Å². The van der Waals surface area contributed by atoms with Crippen LogP contribution < -0.4 is 20.3 Å². The second kappa shape index (κ2) is 14.8. The Labute approximate surface area is 296 Å². The molecule has 4 aromatic carbocycles. The average molecular weight is 686 g/mol. The minimum absolute atomic E-state index is 0.101. The molecule has 2 aromatic heterocycles. The van der Waals surface area contributed by atoms with Crippen LogP contribution in [0, 0.1) is 26.6 Å². The second-order valence-corrected chi connectivity index (χ2v) is 12.6. The molecule has 0 aliphatic rings. The van der Waals surface area contributed by atoms with E-state index in [1.165, 1.54) is 16.8 Å². The van der Waals surface area contributed by atoms with Crippen LogP contribution in [0.3, 0.4) is 0 Å². The Morgan fingerprint density at radius 2 is 1.69 bits per heavy atom. The number of carbonyl (C=O) groups excluding carboxylic acids is 1. The summed E-state index contributed by atoms with van der Waals surface area (Å²) >= 11 is 0. The van der Waals surface area contributed by atoms with Crippen LogP contribution in [0.15, 0.2) is 101 Å². The number of para-hydroxylation sites is 2. The van der Waals surface area contributed by atoms with Crippen molar-refractivity contribution < 1.29 is 18.7 Å². The molecule has 1 N–H and O–H groups in total. The van der Waals surface area contributed by atoms with E-state index in [0.717, 1.165) is 45.1 Å². The standard InChI is InChI=1S/C41H40FN5O4/c1-7-50-38-20-26(4)34(22-33(38)25(2)3)40-45-36-14-10-8-12-32(36)41(49)47(40)43-23-29-21-27(5)46(28(29)6)30-16-18-31(19-17-30)51-24-39(48)44-37-15-11-9-13-35(37)42/h8-23,25H,7,24H2,1-6H3,(H,44,48). The molecular formula is C41H40FN5O4. The quantitative estimate of drug-likeness (QED) is 0.138. The molecule has 0 atom stereocenters. The average Bonchev–Trinajstić information content (AvgIpc) is 3.40. The van der Waals surface area contributed by atoms with Crippen LogP contribution in [0.25, 0.3) is 28.0 Å². The predicted molar refractivity (Wildman–Crippen MR) is 200 cm³/mol. The monoisotopic (exact) mass is 685 g/mol. The van der Waals surface area contributed by atoms with Gasteiger partial charge >= 0.3 is 0 Å². The molecule has 10 heteroatoms. The van der Waals surface area contributed by atoms with Crippen molar-refractivity contribution in [3.63, 3.8) is 0 Å². The van der Waals surface area contributed by atoms with Gasteiger partial charge in [-0.05, 0) is 111 Å². The normalized spacial score (nSPS) is 11.5. The maximum absolute atomic E-state index is 14.0. The molecule has 0 radical (unpaired) electrons. The number of hydrogen-bond acceptors (Lipinski definition) is 6. The fourth-order valence-electron chi connectivity index (χ4n) is 6.10. The summed E-state index contributed by atoms with van der Waals surface area (Å²) in [5.41, 5.74) is 6.77. The van der Waals surface area contributed by atoms with Crippen LogP contribution in [-0.4, -0.2) is 39.6 Å². The minimum Gasteiger partial charge on any atom is -0.494 e. The lowest BCUT2D eigenvalue weighted by Gasteiger charge is -2.18. The zero-order chi connectivity index (χ0) is 36.2. The van der Waals surface area contributed by atoms with E-state index >= 15 is 0 Å². The van der Waals surface area contributed by atoms with E-state index < -0.39 is 11.7 Å². The predicted octanol–water partition coefficient (Wildman–Crippen LogP) is 8.34. The van der Waals surface area contributed by atoms with Crippen LogP contribution >= 0.6 is 0 Å². The molecule has 1 amide bonds. The van der Waals surface area contributed by atoms with Gasteiger partial charge in [0.1, 0.15) is 17.3 Å². The third-order valence-corrected chi connectivity index (χ3v) is 8.67. The van der Waals surface area contributed by atoms with Crippen LogP contribution in [0.2, 0.25) is 0 Å². The van der Waals surface area contributed by atoms with Crippen molar-refractivity contribution in [3.8, 4) is 28.6 Å². The number of ether oxygens (including phenoxy) is 2. The van der Waals surface area contributed by atoms with Crippen LogP contribution in [-0.2, 0) is 4.79 Å². The molecule has 9 nitrogen and oxygen atoms in total. The van der Waals surface area contributed by atoms with Crippen molar-refractivity contribution >= 4 is 28.7 Å². The number of benzene rings is 4. The van der Waals surface area contributed by atoms with Gasteiger partial charge in [0.2, 0.25) is 0 Å². The molecule has 51 heavy (non-hydrogen) atoms. The number of aromatic nitrogens is 3. The molecule has 0 bridgehead atoms. The summed E-state index contributed by atoms with van der Waals surface area (Å²) in [5.74, 6) is 0.973. The summed E-state index contributed by atoms with van der Waals surface area (Å²) in [6.07, 6.45) is 1.69. The summed E-state index contributed by atoms with van der Waals surface area (Å²) in [7, 11) is 0. The highest BCUT2D eigenvalue weighted by Crippen LogP contribution is 2.34. The lowest BCUT2D eigenvalue weighted by atomic mass is 9.96. The number of aryl methyl sites for hydroxylation is 2. The van der Waals surface area contributed by atoms with Crippen molar-refractivity contribution in [1.82, 2.24) is 14.2 Å². The Kier molecular flexibility index (Phi) is 10.1. The minimum atomic E-state index is -0.513. The van der Waals surface area contributed by atoms with Gasteiger partial charge in [-0.25, -0.2) is 9.37 Å². The molecule has 0 aliphatic carbocycles. The fraction of sp³-hybridized carbons (Fsp3) is 0.220. The van der Waals surface area contributed by atoms with E-state index in [1.54, 1.807) is 36.5 Å². The van der Waals surface area contributed by atoms with E-state index in [4.69, 9.17) is 19.6 Å². The summed E-state index contributed by atoms with van der Waals surface area (Å²) in [6, 6.07) is 26.7. The first kappa shape index (κ1) is 34.8. The van der Waals surface area contributed by atoms with E-state index in [2.05, 4.69) is 29.8 Å². The second-order valence-electron chi connectivity index (χ2n) is 12.6. The summed E-state index contributed by atoms with van der Waals surface area (Å²) in [6.45, 7) is 12.4. The highest BCUT2D eigenvalue weighted by atomic mass is 19.1. The molecule has 0 aliphatic heterocycles. The van der Waals surface area contributed by atoms with E-state index in [-0.39, 0.29) is 23.8 Å². The molecule has 0 unspecified atom stereocenters. The molecule has 260 valence electrons. The molecule has 0 saturated heterocycles. The Morgan fingerprint density at radius 1 is 0.961 bits per heavy atom. The maximum Gasteiger partial charge on any atom is 0.282 e. The number of anilines is 1. The molecule has 6 rings (SSSR count). The maximum atomic E-state index is 14.0. The number of carbonyl (C=O) groups is 1. The van der Waals surface area contributed by atoms with Crippen molar-refractivity contribution in [3.05, 3.63) is 135 Å². The number of rotatable bonds is 11. The fourth-order valence-corrected chi connectivity index (χ4v) is 6.10. The van der Waals surface area contributed by atoms with Crippen molar-refractivity contribution in [2.45, 2.75) is 47.5 Å². The SMILES string of the molecule is CCOc1cc(C)c(-c2nc3ccccc3c(=O)n2N=Cc2cc(C)n(-c3ccc(OCC(=O)Nc4ccccc4F)cc3)c2C)cc1C(C)C. The molecule has 2 heterocycles. The molecule has 6 aromatic rings. The van der Waals surface area contributed by atoms with E-state index in [9.17, 15) is 14.0 Å². The third-order valence-electron chi connectivity index (χ3n) is 8.67. The van der Waals surface area contributed by atoms with Gasteiger partial charge in [0.05, 0.1) is 29.4 Å². The first-order chi connectivity index (χ1) is 24.5. The van der Waals surface area contributed by atoms with E-state index in [0.29, 0.717) is 29.1 Å². The smallest absolute Gasteiger partial charge is 0.282 e. The van der Waals surface area contributed by atoms with Gasteiger partial charge < -0.3 is 19.4 Å². The lowest BCUT2D eigenvalue weighted by molar-refractivity contribution is -0.118. The number of nitrogens with one attached hydrogen (secondary N) is 1. The van der Waals surface area contributed by atoms with Gasteiger partial charge in [-0.15, -0.1) is 0 Å². The number of amides is 1. The van der Waals surface area contributed by atoms with Gasteiger partial charge in [-0.3, -0.25) is 9.59 Å². The van der Waals surface area contributed by atoms with Gasteiger partial charge in [0.15, 0.2) is 12.4 Å². The summed E-state index contributed by atoms with van der Waals surface area (Å²) < 4.78 is 28.9.